The molecule has 21 heavy (non-hydrogen) atoms. The Balaban J connectivity index is -0.000000127. The fraction of sp³-hybridized carbons (Fsp3) is 1.00. The molecule has 0 bridgehead atoms. The first-order valence-electron chi connectivity index (χ1n) is 7.98. The first-order valence-corrected chi connectivity index (χ1v) is 10.5. The molecule has 0 spiro atoms. The van der Waals surface area contributed by atoms with Crippen molar-refractivity contribution in [2.24, 2.45) is 0 Å². The quantitative estimate of drug-likeness (QED) is 0.713. The van der Waals surface area contributed by atoms with Gasteiger partial charge in [0, 0.05) is 21.7 Å². The van der Waals surface area contributed by atoms with Crippen molar-refractivity contribution in [3.63, 3.8) is 0 Å². The fourth-order valence-electron chi connectivity index (χ4n) is 2.85. The summed E-state index contributed by atoms with van der Waals surface area (Å²) in [5, 5.41) is 8.91. The second-order valence-electron chi connectivity index (χ2n) is 5.77. The number of hydrogen-bond acceptors (Lipinski definition) is 2. The summed E-state index contributed by atoms with van der Waals surface area (Å²) in [4.78, 5) is 10.2. The molecule has 130 valence electrons. The maximum absolute atomic E-state index is 10.2. The molecule has 0 heterocycles. The molecule has 1 aliphatic rings. The zero-order chi connectivity index (χ0) is 13.9. The zero-order valence-electron chi connectivity index (χ0n) is 14.2. The van der Waals surface area contributed by atoms with E-state index < -0.39 is 8.32 Å². The average Bonchev–Trinajstić information content (AvgIpc) is 2.31. The van der Waals surface area contributed by atoms with Crippen LogP contribution in [0.2, 0.25) is 18.1 Å². The van der Waals surface area contributed by atoms with Gasteiger partial charge in [0.25, 0.3) is 0 Å². The van der Waals surface area contributed by atoms with Crippen molar-refractivity contribution >= 4 is 8.32 Å². The standard InChI is InChI=1S/C9H22OSi.C6H12O.2H2O.Ti/c1-4-7-11(10,8-5-2)9-6-3;7-6-4-2-1-3-5-6;;;/h10H,4-9H2,1-3H3;6-7H,1-5H2;2*1H2;. The van der Waals surface area contributed by atoms with Gasteiger partial charge in [-0.1, -0.05) is 59.3 Å². The van der Waals surface area contributed by atoms with Crippen LogP contribution in [0.5, 0.6) is 0 Å². The normalized spacial score (nSPS) is 14.7. The molecule has 0 unspecified atom stereocenters. The Hall–Kier alpha value is 0.771. The van der Waals surface area contributed by atoms with Gasteiger partial charge in [-0.25, -0.2) is 0 Å². The van der Waals surface area contributed by atoms with Gasteiger partial charge in [0.05, 0.1) is 6.10 Å². The van der Waals surface area contributed by atoms with Crippen molar-refractivity contribution in [3.8, 4) is 0 Å². The van der Waals surface area contributed by atoms with Crippen LogP contribution >= 0.6 is 0 Å². The molecule has 1 saturated carbocycles. The Kier molecular flexibility index (Phi) is 26.7. The molecule has 1 aliphatic carbocycles. The molecule has 0 aromatic carbocycles. The van der Waals surface area contributed by atoms with Crippen LogP contribution in [0.25, 0.3) is 0 Å². The van der Waals surface area contributed by atoms with Crippen molar-refractivity contribution < 1.29 is 42.6 Å². The minimum atomic E-state index is -1.75. The van der Waals surface area contributed by atoms with Crippen LogP contribution in [-0.2, 0) is 21.7 Å². The molecule has 1 fully saturated rings. The van der Waals surface area contributed by atoms with Gasteiger partial charge in [0.1, 0.15) is 0 Å². The molecule has 6 heteroatoms. The van der Waals surface area contributed by atoms with E-state index in [-0.39, 0.29) is 38.8 Å². The Labute approximate surface area is 147 Å². The Bertz CT molecular complexity index is 173. The molecule has 0 aromatic rings. The van der Waals surface area contributed by atoms with Gasteiger partial charge in [-0.15, -0.1) is 0 Å². The molecule has 0 radical (unpaired) electrons. The molecule has 4 nitrogen and oxygen atoms in total. The van der Waals surface area contributed by atoms with E-state index in [1.807, 2.05) is 0 Å². The van der Waals surface area contributed by atoms with E-state index in [2.05, 4.69) is 20.8 Å². The molecule has 6 N–H and O–H groups in total. The minimum absolute atomic E-state index is 0. The van der Waals surface area contributed by atoms with Gasteiger partial charge in [-0.2, -0.15) is 0 Å². The summed E-state index contributed by atoms with van der Waals surface area (Å²) in [7, 11) is -1.75. The molecular weight excluding hydrogens is 320 g/mol. The van der Waals surface area contributed by atoms with Gasteiger partial charge in [-0.3, -0.25) is 0 Å². The minimum Gasteiger partial charge on any atom is -0.432 e. The predicted octanol–water partition coefficient (Wildman–Crippen LogP) is 2.81. The summed E-state index contributed by atoms with van der Waals surface area (Å²) in [6.07, 6.45) is 9.39. The summed E-state index contributed by atoms with van der Waals surface area (Å²) >= 11 is 0. The third kappa shape index (κ3) is 17.0. The number of aliphatic hydroxyl groups is 1. The van der Waals surface area contributed by atoms with Crippen molar-refractivity contribution in [1.82, 2.24) is 0 Å². The third-order valence-corrected chi connectivity index (χ3v) is 8.01. The summed E-state index contributed by atoms with van der Waals surface area (Å²) in [6, 6.07) is 3.32. The van der Waals surface area contributed by atoms with Gasteiger partial charge in [0.15, 0.2) is 8.32 Å². The zero-order valence-corrected chi connectivity index (χ0v) is 16.8. The summed E-state index contributed by atoms with van der Waals surface area (Å²) in [6.45, 7) is 6.51. The molecule has 0 saturated heterocycles. The largest absolute Gasteiger partial charge is 0.432 e. The SMILES string of the molecule is CCC[Si](O)(CCC)CCC.O.O.OC1CCCCC1.[Ti]. The number of rotatable bonds is 6. The van der Waals surface area contributed by atoms with E-state index in [1.165, 1.54) is 19.3 Å². The van der Waals surface area contributed by atoms with E-state index in [0.717, 1.165) is 50.2 Å². The Morgan fingerprint density at radius 1 is 0.810 bits per heavy atom. The monoisotopic (exact) mass is 358 g/mol. The number of aliphatic hydroxyl groups excluding tert-OH is 1. The van der Waals surface area contributed by atoms with E-state index in [4.69, 9.17) is 5.11 Å². The third-order valence-electron chi connectivity index (χ3n) is 3.72. The summed E-state index contributed by atoms with van der Waals surface area (Å²) in [5.41, 5.74) is 0. The van der Waals surface area contributed by atoms with Crippen LogP contribution in [0.3, 0.4) is 0 Å². The van der Waals surface area contributed by atoms with Crippen LogP contribution in [-0.4, -0.2) is 35.3 Å². The first-order chi connectivity index (χ1) is 8.58. The van der Waals surface area contributed by atoms with Crippen molar-refractivity contribution in [2.45, 2.75) is 96.4 Å². The maximum Gasteiger partial charge on any atom is 0.188 e. The van der Waals surface area contributed by atoms with Gasteiger partial charge >= 0.3 is 0 Å². The van der Waals surface area contributed by atoms with Crippen LogP contribution in [0.15, 0.2) is 0 Å². The van der Waals surface area contributed by atoms with Crippen LogP contribution in [0.4, 0.5) is 0 Å². The van der Waals surface area contributed by atoms with Gasteiger partial charge < -0.3 is 20.9 Å². The van der Waals surface area contributed by atoms with Crippen LogP contribution in [0.1, 0.15) is 72.1 Å². The van der Waals surface area contributed by atoms with Gasteiger partial charge in [0.2, 0.25) is 0 Å². The second-order valence-corrected chi connectivity index (χ2v) is 9.71. The first kappa shape index (κ1) is 29.7. The van der Waals surface area contributed by atoms with Crippen molar-refractivity contribution in [3.05, 3.63) is 0 Å². The molecule has 0 aliphatic heterocycles. The molecule has 1 rings (SSSR count). The van der Waals surface area contributed by atoms with Crippen molar-refractivity contribution in [1.29, 1.82) is 0 Å². The van der Waals surface area contributed by atoms with E-state index in [1.54, 1.807) is 0 Å². The summed E-state index contributed by atoms with van der Waals surface area (Å²) < 4.78 is 0. The number of hydrogen-bond donors (Lipinski definition) is 2. The van der Waals surface area contributed by atoms with Crippen molar-refractivity contribution in [2.75, 3.05) is 0 Å². The van der Waals surface area contributed by atoms with Gasteiger partial charge in [-0.05, 0) is 31.0 Å². The van der Waals surface area contributed by atoms with E-state index in [9.17, 15) is 4.80 Å². The molecule has 0 amide bonds. The fourth-order valence-corrected chi connectivity index (χ4v) is 6.39. The Morgan fingerprint density at radius 3 is 1.33 bits per heavy atom. The van der Waals surface area contributed by atoms with Crippen LogP contribution < -0.4 is 0 Å². The second kappa shape index (κ2) is 18.8. The topological polar surface area (TPSA) is 103 Å². The van der Waals surface area contributed by atoms with E-state index >= 15 is 0 Å². The molecule has 0 atom stereocenters. The molecule has 0 aromatic heterocycles. The average molecular weight is 358 g/mol. The van der Waals surface area contributed by atoms with E-state index in [0.29, 0.717) is 0 Å². The molecular formula is C15H38O4SiTi. The summed E-state index contributed by atoms with van der Waals surface area (Å²) in [5.74, 6) is 0. The predicted molar refractivity (Wildman–Crippen MR) is 89.6 cm³/mol. The Morgan fingerprint density at radius 2 is 1.14 bits per heavy atom. The smallest absolute Gasteiger partial charge is 0.188 e. The maximum atomic E-state index is 10.2. The van der Waals surface area contributed by atoms with Crippen LogP contribution in [0, 0.1) is 0 Å².